The van der Waals surface area contributed by atoms with Crippen LogP contribution in [0, 0.1) is 17.0 Å². The SMILES string of the molecule is Cc1nn(C)c(C(=O)NC(CCC(=O)O)c2ccccc2)c1[N+](=O)[O-]. The van der Waals surface area contributed by atoms with E-state index in [4.69, 9.17) is 5.11 Å². The molecular weight excluding hydrogens is 328 g/mol. The predicted octanol–water partition coefficient (Wildman–Crippen LogP) is 1.97. The Kier molecular flexibility index (Phi) is 5.48. The minimum absolute atomic E-state index is 0.138. The van der Waals surface area contributed by atoms with E-state index >= 15 is 0 Å². The molecule has 1 amide bonds. The van der Waals surface area contributed by atoms with E-state index in [0.29, 0.717) is 0 Å². The Morgan fingerprint density at radius 3 is 2.56 bits per heavy atom. The lowest BCUT2D eigenvalue weighted by Crippen LogP contribution is -2.31. The van der Waals surface area contributed by atoms with Crippen LogP contribution in [-0.2, 0) is 11.8 Å². The van der Waals surface area contributed by atoms with Crippen molar-refractivity contribution in [1.29, 1.82) is 0 Å². The van der Waals surface area contributed by atoms with Crippen LogP contribution in [0.4, 0.5) is 5.69 Å². The van der Waals surface area contributed by atoms with Gasteiger partial charge in [0.25, 0.3) is 5.91 Å². The molecule has 1 aromatic heterocycles. The number of carboxylic acid groups (broad SMARTS) is 1. The predicted molar refractivity (Wildman–Crippen MR) is 88.1 cm³/mol. The van der Waals surface area contributed by atoms with Crippen molar-refractivity contribution in [3.05, 3.63) is 57.4 Å². The molecule has 0 saturated heterocycles. The van der Waals surface area contributed by atoms with Gasteiger partial charge in [-0.1, -0.05) is 30.3 Å². The third kappa shape index (κ3) is 4.19. The number of aryl methyl sites for hydroxylation is 2. The number of rotatable bonds is 7. The summed E-state index contributed by atoms with van der Waals surface area (Å²) in [7, 11) is 1.45. The van der Waals surface area contributed by atoms with Crippen LogP contribution < -0.4 is 5.32 Å². The van der Waals surface area contributed by atoms with E-state index in [0.717, 1.165) is 10.2 Å². The minimum atomic E-state index is -0.988. The highest BCUT2D eigenvalue weighted by molar-refractivity contribution is 5.97. The molecule has 1 atom stereocenters. The van der Waals surface area contributed by atoms with E-state index in [-0.39, 0.29) is 29.9 Å². The van der Waals surface area contributed by atoms with Gasteiger partial charge in [0.1, 0.15) is 5.69 Å². The summed E-state index contributed by atoms with van der Waals surface area (Å²) in [6.45, 7) is 1.45. The molecule has 0 fully saturated rings. The zero-order valence-electron chi connectivity index (χ0n) is 13.8. The van der Waals surface area contributed by atoms with Crippen LogP contribution in [0.5, 0.6) is 0 Å². The topological polar surface area (TPSA) is 127 Å². The molecule has 0 aliphatic heterocycles. The van der Waals surface area contributed by atoms with Crippen LogP contribution >= 0.6 is 0 Å². The number of carbonyl (C=O) groups is 2. The van der Waals surface area contributed by atoms with E-state index < -0.39 is 22.8 Å². The fraction of sp³-hybridized carbons (Fsp3) is 0.312. The molecule has 0 radical (unpaired) electrons. The average molecular weight is 346 g/mol. The highest BCUT2D eigenvalue weighted by Crippen LogP contribution is 2.24. The van der Waals surface area contributed by atoms with Gasteiger partial charge in [0.2, 0.25) is 5.69 Å². The van der Waals surface area contributed by atoms with Crippen molar-refractivity contribution in [2.45, 2.75) is 25.8 Å². The number of carbonyl (C=O) groups excluding carboxylic acids is 1. The van der Waals surface area contributed by atoms with E-state index in [1.807, 2.05) is 0 Å². The molecule has 1 aromatic carbocycles. The number of hydrogen-bond acceptors (Lipinski definition) is 5. The number of nitrogens with one attached hydrogen (secondary N) is 1. The standard InChI is InChI=1S/C16H18N4O5/c1-10-14(20(24)25)15(19(2)18-10)16(23)17-12(8-9-13(21)22)11-6-4-3-5-7-11/h3-7,12H,8-9H2,1-2H3,(H,17,23)(H,21,22). The van der Waals surface area contributed by atoms with Crippen molar-refractivity contribution in [2.75, 3.05) is 0 Å². The van der Waals surface area contributed by atoms with Crippen molar-refractivity contribution in [1.82, 2.24) is 15.1 Å². The quantitative estimate of drug-likeness (QED) is 0.583. The van der Waals surface area contributed by atoms with Gasteiger partial charge in [-0.15, -0.1) is 0 Å². The maximum absolute atomic E-state index is 12.6. The maximum Gasteiger partial charge on any atom is 0.322 e. The van der Waals surface area contributed by atoms with Crippen LogP contribution in [0.1, 0.15) is 40.6 Å². The summed E-state index contributed by atoms with van der Waals surface area (Å²) >= 11 is 0. The fourth-order valence-corrected chi connectivity index (χ4v) is 2.62. The molecular formula is C16H18N4O5. The number of carboxylic acids is 1. The molecule has 2 rings (SSSR count). The Balaban J connectivity index is 2.31. The lowest BCUT2D eigenvalue weighted by Gasteiger charge is -2.18. The fourth-order valence-electron chi connectivity index (χ4n) is 2.62. The summed E-state index contributed by atoms with van der Waals surface area (Å²) in [6.07, 6.45) is 0.0159. The highest BCUT2D eigenvalue weighted by Gasteiger charge is 2.30. The summed E-state index contributed by atoms with van der Waals surface area (Å²) in [5, 5.41) is 26.7. The molecule has 1 heterocycles. The monoisotopic (exact) mass is 346 g/mol. The third-order valence-corrected chi connectivity index (χ3v) is 3.74. The Hall–Kier alpha value is -3.23. The lowest BCUT2D eigenvalue weighted by atomic mass is 10.0. The first-order chi connectivity index (χ1) is 11.8. The highest BCUT2D eigenvalue weighted by atomic mass is 16.6. The number of amides is 1. The molecule has 2 aromatic rings. The maximum atomic E-state index is 12.6. The average Bonchev–Trinajstić information content (AvgIpc) is 2.86. The van der Waals surface area contributed by atoms with Gasteiger partial charge in [-0.3, -0.25) is 24.4 Å². The number of nitro groups is 1. The largest absolute Gasteiger partial charge is 0.481 e. The second-order valence-electron chi connectivity index (χ2n) is 5.53. The number of aromatic nitrogens is 2. The molecule has 0 saturated carbocycles. The Morgan fingerprint density at radius 2 is 2.00 bits per heavy atom. The zero-order chi connectivity index (χ0) is 18.6. The summed E-state index contributed by atoms with van der Waals surface area (Å²) in [5.41, 5.74) is 0.335. The zero-order valence-corrected chi connectivity index (χ0v) is 13.8. The molecule has 0 bridgehead atoms. The molecule has 25 heavy (non-hydrogen) atoms. The number of aliphatic carboxylic acids is 1. The first-order valence-corrected chi connectivity index (χ1v) is 7.56. The van der Waals surface area contributed by atoms with Gasteiger partial charge >= 0.3 is 11.7 Å². The Morgan fingerprint density at radius 1 is 1.36 bits per heavy atom. The van der Waals surface area contributed by atoms with Gasteiger partial charge in [-0.25, -0.2) is 0 Å². The van der Waals surface area contributed by atoms with Crippen molar-refractivity contribution in [3.63, 3.8) is 0 Å². The number of nitrogens with zero attached hydrogens (tertiary/aromatic N) is 3. The molecule has 132 valence electrons. The molecule has 0 aliphatic carbocycles. The summed E-state index contributed by atoms with van der Waals surface area (Å²) < 4.78 is 1.15. The number of benzene rings is 1. The van der Waals surface area contributed by atoms with Gasteiger partial charge in [0.15, 0.2) is 0 Å². The van der Waals surface area contributed by atoms with Gasteiger partial charge in [0, 0.05) is 13.5 Å². The molecule has 9 heteroatoms. The minimum Gasteiger partial charge on any atom is -0.481 e. The lowest BCUT2D eigenvalue weighted by molar-refractivity contribution is -0.385. The van der Waals surface area contributed by atoms with Gasteiger partial charge < -0.3 is 10.4 Å². The van der Waals surface area contributed by atoms with E-state index in [2.05, 4.69) is 10.4 Å². The van der Waals surface area contributed by atoms with Crippen LogP contribution in [0.3, 0.4) is 0 Å². The number of hydrogen-bond donors (Lipinski definition) is 2. The van der Waals surface area contributed by atoms with Gasteiger partial charge in [0.05, 0.1) is 11.0 Å². The Labute approximate surface area is 143 Å². The first-order valence-electron chi connectivity index (χ1n) is 7.56. The molecule has 0 spiro atoms. The molecule has 9 nitrogen and oxygen atoms in total. The molecule has 0 aliphatic rings. The van der Waals surface area contributed by atoms with Crippen LogP contribution in [0.15, 0.2) is 30.3 Å². The van der Waals surface area contributed by atoms with Crippen LogP contribution in [-0.4, -0.2) is 31.7 Å². The second kappa shape index (κ2) is 7.56. The van der Waals surface area contributed by atoms with Crippen molar-refractivity contribution >= 4 is 17.6 Å². The van der Waals surface area contributed by atoms with E-state index in [1.165, 1.54) is 14.0 Å². The smallest absolute Gasteiger partial charge is 0.322 e. The summed E-state index contributed by atoms with van der Waals surface area (Å²) in [6, 6.07) is 8.28. The normalized spacial score (nSPS) is 11.8. The van der Waals surface area contributed by atoms with E-state index in [1.54, 1.807) is 30.3 Å². The van der Waals surface area contributed by atoms with Gasteiger partial charge in [-0.05, 0) is 18.9 Å². The van der Waals surface area contributed by atoms with Crippen molar-refractivity contribution in [2.24, 2.45) is 7.05 Å². The second-order valence-corrected chi connectivity index (χ2v) is 5.53. The van der Waals surface area contributed by atoms with E-state index in [9.17, 15) is 19.7 Å². The van der Waals surface area contributed by atoms with Crippen LogP contribution in [0.2, 0.25) is 0 Å². The van der Waals surface area contributed by atoms with Crippen molar-refractivity contribution < 1.29 is 19.6 Å². The first kappa shape index (κ1) is 18.1. The summed E-state index contributed by atoms with van der Waals surface area (Å²) in [5.74, 6) is -1.66. The third-order valence-electron chi connectivity index (χ3n) is 3.74. The molecule has 2 N–H and O–H groups in total. The summed E-state index contributed by atoms with van der Waals surface area (Å²) in [4.78, 5) is 34.1. The molecule has 1 unspecified atom stereocenters. The van der Waals surface area contributed by atoms with Gasteiger partial charge in [-0.2, -0.15) is 5.10 Å². The van der Waals surface area contributed by atoms with Crippen molar-refractivity contribution in [3.8, 4) is 0 Å². The Bertz CT molecular complexity index is 800. The van der Waals surface area contributed by atoms with Crippen LogP contribution in [0.25, 0.3) is 0 Å².